The zero-order valence-electron chi connectivity index (χ0n) is 9.15. The summed E-state index contributed by atoms with van der Waals surface area (Å²) in [5.41, 5.74) is -0.270. The monoisotopic (exact) mass is 256 g/mol. The van der Waals surface area contributed by atoms with Gasteiger partial charge in [-0.3, -0.25) is 14.4 Å². The Balaban J connectivity index is 2.33. The molecular weight excluding hydrogens is 244 g/mol. The Bertz CT molecular complexity index is 460. The van der Waals surface area contributed by atoms with Crippen molar-refractivity contribution in [3.63, 3.8) is 0 Å². The highest BCUT2D eigenvalue weighted by molar-refractivity contribution is 7.99. The molecule has 0 aromatic carbocycles. The molecule has 0 saturated heterocycles. The first-order chi connectivity index (χ1) is 8.11. The standard InChI is InChI=1S/C9H12N4O3S/c1-10-7(15)4-12-8(16)5-17-9-11-3-2-6(14)13-9/h2-3H,4-5H2,1H3,(H,10,15)(H,12,16)(H,11,13,14). The van der Waals surface area contributed by atoms with Crippen LogP contribution in [0.1, 0.15) is 0 Å². The molecule has 0 aliphatic carbocycles. The topological polar surface area (TPSA) is 104 Å². The first-order valence-electron chi connectivity index (χ1n) is 4.77. The van der Waals surface area contributed by atoms with Crippen LogP contribution in [0.3, 0.4) is 0 Å². The maximum absolute atomic E-state index is 11.3. The van der Waals surface area contributed by atoms with Crippen molar-refractivity contribution in [3.8, 4) is 0 Å². The van der Waals surface area contributed by atoms with Gasteiger partial charge in [0.05, 0.1) is 12.3 Å². The van der Waals surface area contributed by atoms with E-state index in [0.29, 0.717) is 5.16 Å². The molecule has 1 rings (SSSR count). The predicted molar refractivity (Wildman–Crippen MR) is 62.7 cm³/mol. The average molecular weight is 256 g/mol. The highest BCUT2D eigenvalue weighted by atomic mass is 32.2. The number of H-pyrrole nitrogens is 1. The molecular formula is C9H12N4O3S. The molecule has 1 heterocycles. The number of aromatic nitrogens is 2. The van der Waals surface area contributed by atoms with E-state index in [1.807, 2.05) is 0 Å². The highest BCUT2D eigenvalue weighted by Gasteiger charge is 2.05. The Kier molecular flexibility index (Phi) is 5.21. The third-order valence-electron chi connectivity index (χ3n) is 1.71. The molecule has 0 unspecified atom stereocenters. The number of aromatic amines is 1. The first kappa shape index (κ1) is 13.2. The molecule has 0 aliphatic rings. The second-order valence-electron chi connectivity index (χ2n) is 2.98. The van der Waals surface area contributed by atoms with E-state index in [-0.39, 0.29) is 29.7 Å². The van der Waals surface area contributed by atoms with Gasteiger partial charge in [0.25, 0.3) is 5.56 Å². The highest BCUT2D eigenvalue weighted by Crippen LogP contribution is 2.08. The molecule has 0 aliphatic heterocycles. The number of likely N-dealkylation sites (N-methyl/N-ethyl adjacent to an activating group) is 1. The first-order valence-corrected chi connectivity index (χ1v) is 5.76. The largest absolute Gasteiger partial charge is 0.358 e. The summed E-state index contributed by atoms with van der Waals surface area (Å²) in [6.07, 6.45) is 1.36. The van der Waals surface area contributed by atoms with Crippen LogP contribution < -0.4 is 16.2 Å². The smallest absolute Gasteiger partial charge is 0.251 e. The molecule has 1 aromatic heterocycles. The molecule has 0 fully saturated rings. The molecule has 1 aromatic rings. The zero-order chi connectivity index (χ0) is 12.7. The second-order valence-corrected chi connectivity index (χ2v) is 3.94. The van der Waals surface area contributed by atoms with Crippen molar-refractivity contribution in [2.75, 3.05) is 19.3 Å². The Morgan fingerprint density at radius 2 is 2.24 bits per heavy atom. The second kappa shape index (κ2) is 6.69. The minimum Gasteiger partial charge on any atom is -0.358 e. The number of carbonyl (C=O) groups excluding carboxylic acids is 2. The van der Waals surface area contributed by atoms with Crippen LogP contribution in [-0.4, -0.2) is 41.1 Å². The lowest BCUT2D eigenvalue weighted by Crippen LogP contribution is -2.36. The molecule has 0 radical (unpaired) electrons. The van der Waals surface area contributed by atoms with Crippen LogP contribution in [0, 0.1) is 0 Å². The summed E-state index contributed by atoms with van der Waals surface area (Å²) >= 11 is 1.09. The summed E-state index contributed by atoms with van der Waals surface area (Å²) in [7, 11) is 1.49. The molecule has 8 heteroatoms. The van der Waals surface area contributed by atoms with E-state index >= 15 is 0 Å². The van der Waals surface area contributed by atoms with Gasteiger partial charge in [-0.15, -0.1) is 0 Å². The number of rotatable bonds is 5. The van der Waals surface area contributed by atoms with Crippen LogP contribution in [0.15, 0.2) is 22.2 Å². The fourth-order valence-electron chi connectivity index (χ4n) is 0.878. The summed E-state index contributed by atoms with van der Waals surface area (Å²) in [6.45, 7) is -0.0609. The van der Waals surface area contributed by atoms with E-state index < -0.39 is 0 Å². The van der Waals surface area contributed by atoms with Crippen molar-refractivity contribution in [1.82, 2.24) is 20.6 Å². The molecule has 3 N–H and O–H groups in total. The van der Waals surface area contributed by atoms with E-state index in [2.05, 4.69) is 20.6 Å². The van der Waals surface area contributed by atoms with E-state index in [9.17, 15) is 14.4 Å². The fourth-order valence-corrected chi connectivity index (χ4v) is 1.56. The lowest BCUT2D eigenvalue weighted by Gasteiger charge is -2.03. The fraction of sp³-hybridized carbons (Fsp3) is 0.333. The molecule has 0 saturated carbocycles. The van der Waals surface area contributed by atoms with Crippen molar-refractivity contribution in [3.05, 3.63) is 22.6 Å². The zero-order valence-corrected chi connectivity index (χ0v) is 9.97. The molecule has 0 atom stereocenters. The van der Waals surface area contributed by atoms with Crippen molar-refractivity contribution >= 4 is 23.6 Å². The van der Waals surface area contributed by atoms with Gasteiger partial charge in [0.15, 0.2) is 5.16 Å². The summed E-state index contributed by atoms with van der Waals surface area (Å²) in [5.74, 6) is -0.482. The number of nitrogens with zero attached hydrogens (tertiary/aromatic N) is 1. The summed E-state index contributed by atoms with van der Waals surface area (Å²) in [5, 5.41) is 5.18. The summed E-state index contributed by atoms with van der Waals surface area (Å²) in [4.78, 5) is 39.4. The lowest BCUT2D eigenvalue weighted by molar-refractivity contribution is -0.124. The minimum absolute atomic E-state index is 0.0609. The number of carbonyl (C=O) groups is 2. The van der Waals surface area contributed by atoms with Gasteiger partial charge in [-0.25, -0.2) is 4.98 Å². The third-order valence-corrected chi connectivity index (χ3v) is 2.60. The van der Waals surface area contributed by atoms with Crippen LogP contribution in [-0.2, 0) is 9.59 Å². The third kappa shape index (κ3) is 5.16. The summed E-state index contributed by atoms with van der Waals surface area (Å²) in [6, 6.07) is 1.29. The van der Waals surface area contributed by atoms with Crippen LogP contribution in [0.5, 0.6) is 0 Å². The number of amides is 2. The summed E-state index contributed by atoms with van der Waals surface area (Å²) < 4.78 is 0. The molecule has 2 amide bonds. The maximum Gasteiger partial charge on any atom is 0.251 e. The molecule has 0 bridgehead atoms. The predicted octanol–water partition coefficient (Wildman–Crippen LogP) is -1.28. The van der Waals surface area contributed by atoms with Crippen molar-refractivity contribution in [2.45, 2.75) is 5.16 Å². The lowest BCUT2D eigenvalue weighted by atomic mass is 10.5. The van der Waals surface area contributed by atoms with Crippen molar-refractivity contribution < 1.29 is 9.59 Å². The van der Waals surface area contributed by atoms with Crippen LogP contribution >= 0.6 is 11.8 Å². The van der Waals surface area contributed by atoms with Gasteiger partial charge in [0.2, 0.25) is 11.8 Å². The van der Waals surface area contributed by atoms with Gasteiger partial charge in [-0.1, -0.05) is 11.8 Å². The quantitative estimate of drug-likeness (QED) is 0.450. The molecule has 17 heavy (non-hydrogen) atoms. The van der Waals surface area contributed by atoms with Gasteiger partial charge in [-0.2, -0.15) is 0 Å². The Hall–Kier alpha value is -1.83. The van der Waals surface area contributed by atoms with E-state index in [1.54, 1.807) is 0 Å². The Morgan fingerprint density at radius 3 is 2.88 bits per heavy atom. The van der Waals surface area contributed by atoms with Gasteiger partial charge in [-0.05, 0) is 0 Å². The van der Waals surface area contributed by atoms with Crippen molar-refractivity contribution in [2.24, 2.45) is 0 Å². The number of nitrogens with one attached hydrogen (secondary N) is 3. The number of hydrogen-bond acceptors (Lipinski definition) is 5. The SMILES string of the molecule is CNC(=O)CNC(=O)CSc1nccc(=O)[nH]1. The molecule has 7 nitrogen and oxygen atoms in total. The van der Waals surface area contributed by atoms with Gasteiger partial charge < -0.3 is 15.6 Å². The van der Waals surface area contributed by atoms with E-state index in [4.69, 9.17) is 0 Å². The van der Waals surface area contributed by atoms with Gasteiger partial charge in [0.1, 0.15) is 0 Å². The number of hydrogen-bond donors (Lipinski definition) is 3. The minimum atomic E-state index is -0.301. The van der Waals surface area contributed by atoms with E-state index in [0.717, 1.165) is 11.8 Å². The average Bonchev–Trinajstić information content (AvgIpc) is 2.33. The van der Waals surface area contributed by atoms with Crippen molar-refractivity contribution in [1.29, 1.82) is 0 Å². The molecule has 0 spiro atoms. The molecule has 92 valence electrons. The van der Waals surface area contributed by atoms with Crippen LogP contribution in [0.25, 0.3) is 0 Å². The maximum atomic E-state index is 11.3. The number of thioether (sulfide) groups is 1. The van der Waals surface area contributed by atoms with Crippen LogP contribution in [0.4, 0.5) is 0 Å². The Labute approximate surface area is 101 Å². The Morgan fingerprint density at radius 1 is 1.47 bits per heavy atom. The van der Waals surface area contributed by atoms with Gasteiger partial charge >= 0.3 is 0 Å². The van der Waals surface area contributed by atoms with Crippen LogP contribution in [0.2, 0.25) is 0 Å². The van der Waals surface area contributed by atoms with Gasteiger partial charge in [0, 0.05) is 19.3 Å². The van der Waals surface area contributed by atoms with E-state index in [1.165, 1.54) is 19.3 Å². The normalized spacial score (nSPS) is 9.71.